The van der Waals surface area contributed by atoms with Crippen LogP contribution in [-0.4, -0.2) is 69.2 Å². The first-order valence-electron chi connectivity index (χ1n) is 13.0. The van der Waals surface area contributed by atoms with Crippen LogP contribution in [0.3, 0.4) is 0 Å². The number of benzene rings is 1. The third-order valence-corrected chi connectivity index (χ3v) is 6.99. The van der Waals surface area contributed by atoms with E-state index in [0.717, 1.165) is 4.90 Å². The fourth-order valence-corrected chi connectivity index (χ4v) is 5.07. The maximum atomic E-state index is 13.3. The molecule has 1 aromatic carbocycles. The van der Waals surface area contributed by atoms with Gasteiger partial charge in [0.05, 0.1) is 23.9 Å². The summed E-state index contributed by atoms with van der Waals surface area (Å²) >= 11 is 0. The lowest BCUT2D eigenvalue weighted by molar-refractivity contribution is -0.136. The molecule has 4 heterocycles. The molecular formula is C27H31N5O7. The number of ether oxygens (including phenoxy) is 1. The zero-order valence-corrected chi connectivity index (χ0v) is 22.1. The van der Waals surface area contributed by atoms with Gasteiger partial charge in [-0.1, -0.05) is 6.07 Å². The van der Waals surface area contributed by atoms with E-state index in [1.54, 1.807) is 29.3 Å². The van der Waals surface area contributed by atoms with Crippen molar-refractivity contribution in [2.24, 2.45) is 0 Å². The van der Waals surface area contributed by atoms with E-state index in [9.17, 15) is 24.0 Å². The molecule has 0 saturated carbocycles. The number of anilines is 1. The zero-order valence-electron chi connectivity index (χ0n) is 22.1. The topological polar surface area (TPSA) is 151 Å². The molecule has 3 aliphatic rings. The maximum absolute atomic E-state index is 13.3. The lowest BCUT2D eigenvalue weighted by atomic mass is 9.97. The van der Waals surface area contributed by atoms with Crippen LogP contribution in [0.5, 0.6) is 0 Å². The van der Waals surface area contributed by atoms with Crippen molar-refractivity contribution in [3.63, 3.8) is 0 Å². The van der Waals surface area contributed by atoms with E-state index in [1.807, 2.05) is 20.8 Å². The van der Waals surface area contributed by atoms with Crippen molar-refractivity contribution in [1.82, 2.24) is 20.1 Å². The van der Waals surface area contributed by atoms with E-state index in [4.69, 9.17) is 9.15 Å². The smallest absolute Gasteiger partial charge is 0.410 e. The van der Waals surface area contributed by atoms with Crippen LogP contribution < -0.4 is 10.6 Å². The Morgan fingerprint density at radius 3 is 2.56 bits per heavy atom. The summed E-state index contributed by atoms with van der Waals surface area (Å²) in [5.74, 6) is -1.01. The molecule has 1 aromatic heterocycles. The Morgan fingerprint density at radius 2 is 1.87 bits per heavy atom. The minimum atomic E-state index is -1.03. The number of nitrogens with one attached hydrogen (secondary N) is 2. The van der Waals surface area contributed by atoms with Gasteiger partial charge in [-0.05, 0) is 52.2 Å². The number of fused-ring (bicyclic) bond motifs is 1. The average Bonchev–Trinajstić information content (AvgIpc) is 3.45. The second-order valence-corrected chi connectivity index (χ2v) is 10.9. The largest absolute Gasteiger partial charge is 0.444 e. The molecule has 2 saturated heterocycles. The molecule has 0 bridgehead atoms. The van der Waals surface area contributed by atoms with Gasteiger partial charge in [-0.15, -0.1) is 0 Å². The van der Waals surface area contributed by atoms with Gasteiger partial charge >= 0.3 is 6.09 Å². The number of imide groups is 2. The Hall–Kier alpha value is -4.22. The van der Waals surface area contributed by atoms with Crippen LogP contribution in [0, 0.1) is 0 Å². The molecule has 0 spiro atoms. The minimum Gasteiger partial charge on any atom is -0.444 e. The Bertz CT molecular complexity index is 1340. The lowest BCUT2D eigenvalue weighted by Gasteiger charge is -2.32. The number of likely N-dealkylation sites (tertiary alicyclic amines) is 1. The summed E-state index contributed by atoms with van der Waals surface area (Å²) < 4.78 is 11.4. The van der Waals surface area contributed by atoms with E-state index >= 15 is 0 Å². The van der Waals surface area contributed by atoms with Crippen LogP contribution in [0.4, 0.5) is 10.5 Å². The van der Waals surface area contributed by atoms with Gasteiger partial charge in [0.25, 0.3) is 11.8 Å². The van der Waals surface area contributed by atoms with Crippen molar-refractivity contribution in [2.75, 3.05) is 18.4 Å². The predicted octanol–water partition coefficient (Wildman–Crippen LogP) is 2.80. The summed E-state index contributed by atoms with van der Waals surface area (Å²) in [5.41, 5.74) is 0.272. The van der Waals surface area contributed by atoms with Gasteiger partial charge in [-0.2, -0.15) is 0 Å². The zero-order chi connectivity index (χ0) is 27.9. The highest BCUT2D eigenvalue weighted by Gasteiger charge is 2.45. The minimum absolute atomic E-state index is 0.0583. The Balaban J connectivity index is 1.21. The van der Waals surface area contributed by atoms with Gasteiger partial charge < -0.3 is 19.4 Å². The molecule has 3 aliphatic heterocycles. The second-order valence-electron chi connectivity index (χ2n) is 10.9. The van der Waals surface area contributed by atoms with Crippen molar-refractivity contribution in [3.8, 4) is 0 Å². The normalized spacial score (nSPS) is 20.2. The summed E-state index contributed by atoms with van der Waals surface area (Å²) in [6, 6.07) is 3.86. The molecule has 206 valence electrons. The highest BCUT2D eigenvalue weighted by atomic mass is 16.6. The fraction of sp³-hybridized carbons (Fsp3) is 0.481. The van der Waals surface area contributed by atoms with Crippen molar-refractivity contribution in [2.45, 2.75) is 70.6 Å². The highest BCUT2D eigenvalue weighted by molar-refractivity contribution is 6.25. The summed E-state index contributed by atoms with van der Waals surface area (Å²) in [7, 11) is 0. The van der Waals surface area contributed by atoms with Gasteiger partial charge in [0.1, 0.15) is 17.4 Å². The second kappa shape index (κ2) is 10.2. The number of aromatic nitrogens is 1. The first kappa shape index (κ1) is 26.4. The predicted molar refractivity (Wildman–Crippen MR) is 137 cm³/mol. The van der Waals surface area contributed by atoms with Crippen LogP contribution in [0.15, 0.2) is 28.8 Å². The summed E-state index contributed by atoms with van der Waals surface area (Å²) in [4.78, 5) is 69.5. The Morgan fingerprint density at radius 1 is 1.13 bits per heavy atom. The van der Waals surface area contributed by atoms with Crippen LogP contribution in [0.2, 0.25) is 0 Å². The van der Waals surface area contributed by atoms with Gasteiger partial charge in [0.15, 0.2) is 5.89 Å². The van der Waals surface area contributed by atoms with Crippen LogP contribution in [-0.2, 0) is 20.9 Å². The van der Waals surface area contributed by atoms with E-state index < -0.39 is 35.3 Å². The van der Waals surface area contributed by atoms with Crippen LogP contribution in [0.1, 0.15) is 84.7 Å². The maximum Gasteiger partial charge on any atom is 0.410 e. The number of hydrogen-bond donors (Lipinski definition) is 2. The molecule has 12 heteroatoms. The number of carbonyl (C=O) groups is 5. The van der Waals surface area contributed by atoms with E-state index in [-0.39, 0.29) is 42.5 Å². The molecule has 2 fully saturated rings. The molecule has 2 N–H and O–H groups in total. The number of hydrogen-bond acceptors (Lipinski definition) is 9. The number of rotatable bonds is 5. The standard InChI is InChI=1S/C27H31N5O7/c1-27(2,3)39-26(37)31-11-9-15(10-12-31)23-29-14-16(38-23)13-28-18-6-4-5-17-21(18)25(36)32(24(17)35)19-7-8-20(33)30-22(19)34/h4-6,14-15,19,28H,7-13H2,1-3H3,(H,30,33,34). The molecule has 39 heavy (non-hydrogen) atoms. The molecule has 1 atom stereocenters. The molecule has 0 aliphatic carbocycles. The monoisotopic (exact) mass is 537 g/mol. The van der Waals surface area contributed by atoms with Crippen LogP contribution in [0.25, 0.3) is 0 Å². The van der Waals surface area contributed by atoms with Gasteiger partial charge in [0, 0.05) is 31.1 Å². The van der Waals surface area contributed by atoms with Gasteiger partial charge in [-0.3, -0.25) is 29.4 Å². The fourth-order valence-electron chi connectivity index (χ4n) is 5.07. The van der Waals surface area contributed by atoms with Crippen LogP contribution >= 0.6 is 0 Å². The number of nitrogens with zero attached hydrogens (tertiary/aromatic N) is 3. The van der Waals surface area contributed by atoms with E-state index in [1.165, 1.54) is 0 Å². The molecule has 0 radical (unpaired) electrons. The molecular weight excluding hydrogens is 506 g/mol. The molecule has 5 rings (SSSR count). The van der Waals surface area contributed by atoms with Crippen molar-refractivity contribution >= 4 is 35.4 Å². The average molecular weight is 538 g/mol. The Labute approximate surface area is 225 Å². The number of carbonyl (C=O) groups excluding carboxylic acids is 5. The molecule has 12 nitrogen and oxygen atoms in total. The third kappa shape index (κ3) is 5.36. The number of oxazole rings is 1. The van der Waals surface area contributed by atoms with E-state index in [2.05, 4.69) is 15.6 Å². The number of piperidine rings is 2. The third-order valence-electron chi connectivity index (χ3n) is 6.99. The summed E-state index contributed by atoms with van der Waals surface area (Å²) in [5, 5.41) is 5.35. The van der Waals surface area contributed by atoms with Crippen molar-refractivity contribution < 1.29 is 33.1 Å². The first-order valence-corrected chi connectivity index (χ1v) is 13.0. The summed E-state index contributed by atoms with van der Waals surface area (Å²) in [6.07, 6.45) is 2.85. The summed E-state index contributed by atoms with van der Waals surface area (Å²) in [6.45, 7) is 6.83. The Kier molecular flexibility index (Phi) is 6.87. The van der Waals surface area contributed by atoms with Crippen molar-refractivity contribution in [1.29, 1.82) is 0 Å². The quantitative estimate of drug-likeness (QED) is 0.549. The number of amides is 5. The van der Waals surface area contributed by atoms with Gasteiger partial charge in [-0.25, -0.2) is 9.78 Å². The van der Waals surface area contributed by atoms with Crippen molar-refractivity contribution in [3.05, 3.63) is 47.2 Å². The van der Waals surface area contributed by atoms with Gasteiger partial charge in [0.2, 0.25) is 11.8 Å². The molecule has 1 unspecified atom stereocenters. The molecule has 2 aromatic rings. The molecule has 5 amide bonds. The first-order chi connectivity index (χ1) is 18.5. The SMILES string of the molecule is CC(C)(C)OC(=O)N1CCC(c2ncc(CNc3cccc4c3C(=O)N(C3CCC(=O)NC3=O)C4=O)o2)CC1. The highest BCUT2D eigenvalue weighted by Crippen LogP contribution is 2.33. The van der Waals surface area contributed by atoms with E-state index in [0.29, 0.717) is 43.3 Å². The lowest BCUT2D eigenvalue weighted by Crippen LogP contribution is -2.54.